The summed E-state index contributed by atoms with van der Waals surface area (Å²) in [5.74, 6) is 0.396. The second-order valence-electron chi connectivity index (χ2n) is 6.86. The zero-order valence-corrected chi connectivity index (χ0v) is 17.1. The molecular formula is C20H23N3OS2. The molecule has 136 valence electrons. The molecule has 1 amide bonds. The van der Waals surface area contributed by atoms with Crippen molar-refractivity contribution in [2.45, 2.75) is 40.2 Å². The lowest BCUT2D eigenvalue weighted by Gasteiger charge is -2.19. The lowest BCUT2D eigenvalue weighted by Crippen LogP contribution is -2.29. The van der Waals surface area contributed by atoms with Gasteiger partial charge in [-0.2, -0.15) is 0 Å². The van der Waals surface area contributed by atoms with E-state index >= 15 is 0 Å². The molecule has 1 unspecified atom stereocenters. The van der Waals surface area contributed by atoms with Crippen molar-refractivity contribution in [1.29, 1.82) is 0 Å². The van der Waals surface area contributed by atoms with Gasteiger partial charge in [0.25, 0.3) is 5.91 Å². The summed E-state index contributed by atoms with van der Waals surface area (Å²) >= 11 is 3.20. The van der Waals surface area contributed by atoms with Gasteiger partial charge in [-0.3, -0.25) is 4.79 Å². The Morgan fingerprint density at radius 2 is 1.85 bits per heavy atom. The zero-order chi connectivity index (χ0) is 18.7. The van der Waals surface area contributed by atoms with Crippen LogP contribution >= 0.6 is 22.7 Å². The van der Waals surface area contributed by atoms with Crippen LogP contribution in [0.3, 0.4) is 0 Å². The molecule has 1 aromatic carbocycles. The molecule has 0 saturated carbocycles. The SMILES string of the molecule is Cc1csc(-c2cccc(C(=O)NC(CC(C)C)c3nc(C)cs3)c2)n1. The molecule has 3 aromatic rings. The molecule has 0 aliphatic heterocycles. The van der Waals surface area contributed by atoms with E-state index in [1.54, 1.807) is 22.7 Å². The van der Waals surface area contributed by atoms with Gasteiger partial charge in [0.2, 0.25) is 0 Å². The van der Waals surface area contributed by atoms with Crippen molar-refractivity contribution in [3.05, 3.63) is 57.0 Å². The van der Waals surface area contributed by atoms with Gasteiger partial charge < -0.3 is 5.32 Å². The minimum atomic E-state index is -0.0707. The van der Waals surface area contributed by atoms with Gasteiger partial charge in [0, 0.05) is 33.3 Å². The van der Waals surface area contributed by atoms with E-state index in [0.717, 1.165) is 33.4 Å². The minimum absolute atomic E-state index is 0.0630. The first-order chi connectivity index (χ1) is 12.4. The number of thiazole rings is 2. The molecule has 2 aromatic heterocycles. The Balaban J connectivity index is 1.81. The first kappa shape index (κ1) is 18.7. The normalized spacial score (nSPS) is 12.3. The molecule has 0 radical (unpaired) electrons. The number of benzene rings is 1. The Labute approximate surface area is 162 Å². The Bertz CT molecular complexity index is 898. The van der Waals surface area contributed by atoms with Crippen molar-refractivity contribution in [2.24, 2.45) is 5.92 Å². The first-order valence-corrected chi connectivity index (χ1v) is 10.4. The molecule has 0 fully saturated rings. The van der Waals surface area contributed by atoms with E-state index in [4.69, 9.17) is 0 Å². The molecule has 26 heavy (non-hydrogen) atoms. The van der Waals surface area contributed by atoms with Gasteiger partial charge in [-0.05, 0) is 38.3 Å². The van der Waals surface area contributed by atoms with Crippen LogP contribution in [-0.4, -0.2) is 15.9 Å². The number of aromatic nitrogens is 2. The van der Waals surface area contributed by atoms with Crippen LogP contribution in [0.25, 0.3) is 10.6 Å². The van der Waals surface area contributed by atoms with E-state index in [1.807, 2.05) is 48.9 Å². The Hall–Kier alpha value is -2.05. The first-order valence-electron chi connectivity index (χ1n) is 8.68. The van der Waals surface area contributed by atoms with E-state index in [2.05, 4.69) is 29.1 Å². The van der Waals surface area contributed by atoms with Crippen molar-refractivity contribution in [2.75, 3.05) is 0 Å². The lowest BCUT2D eigenvalue weighted by atomic mass is 10.0. The molecule has 6 heteroatoms. The highest BCUT2D eigenvalue weighted by Crippen LogP contribution is 2.27. The summed E-state index contributed by atoms with van der Waals surface area (Å²) in [5.41, 5.74) is 3.61. The predicted octanol–water partition coefficient (Wildman–Crippen LogP) is 5.40. The minimum Gasteiger partial charge on any atom is -0.343 e. The molecular weight excluding hydrogens is 362 g/mol. The van der Waals surface area contributed by atoms with Gasteiger partial charge in [0.05, 0.1) is 6.04 Å². The third-order valence-corrected chi connectivity index (χ3v) is 6.02. The Morgan fingerprint density at radius 3 is 2.46 bits per heavy atom. The lowest BCUT2D eigenvalue weighted by molar-refractivity contribution is 0.0932. The maximum atomic E-state index is 12.9. The van der Waals surface area contributed by atoms with Crippen LogP contribution in [0.4, 0.5) is 0 Å². The second-order valence-corrected chi connectivity index (χ2v) is 8.61. The number of carbonyl (C=O) groups excluding carboxylic acids is 1. The van der Waals surface area contributed by atoms with Crippen LogP contribution < -0.4 is 5.32 Å². The third-order valence-electron chi connectivity index (χ3n) is 3.94. The average Bonchev–Trinajstić information content (AvgIpc) is 3.22. The highest BCUT2D eigenvalue weighted by Gasteiger charge is 2.20. The van der Waals surface area contributed by atoms with Crippen LogP contribution in [-0.2, 0) is 0 Å². The molecule has 0 spiro atoms. The fourth-order valence-corrected chi connectivity index (χ4v) is 4.40. The van der Waals surface area contributed by atoms with E-state index < -0.39 is 0 Å². The Morgan fingerprint density at radius 1 is 1.12 bits per heavy atom. The molecule has 1 N–H and O–H groups in total. The summed E-state index contributed by atoms with van der Waals surface area (Å²) in [6, 6.07) is 7.59. The van der Waals surface area contributed by atoms with E-state index in [0.29, 0.717) is 11.5 Å². The standard InChI is InChI=1S/C20H23N3OS2/c1-12(2)8-17(20-22-14(4)11-26-20)23-18(24)15-6-5-7-16(9-15)19-21-13(3)10-25-19/h5-7,9-12,17H,8H2,1-4H3,(H,23,24). The van der Waals surface area contributed by atoms with E-state index in [1.165, 1.54) is 0 Å². The summed E-state index contributed by atoms with van der Waals surface area (Å²) in [7, 11) is 0. The highest BCUT2D eigenvalue weighted by atomic mass is 32.1. The van der Waals surface area contributed by atoms with Gasteiger partial charge in [-0.25, -0.2) is 9.97 Å². The summed E-state index contributed by atoms with van der Waals surface area (Å²) < 4.78 is 0. The average molecular weight is 386 g/mol. The quantitative estimate of drug-likeness (QED) is 0.618. The number of nitrogens with zero attached hydrogens (tertiary/aromatic N) is 2. The predicted molar refractivity (Wildman–Crippen MR) is 109 cm³/mol. The van der Waals surface area contributed by atoms with Gasteiger partial charge in [-0.1, -0.05) is 26.0 Å². The number of hydrogen-bond donors (Lipinski definition) is 1. The third kappa shape index (κ3) is 4.56. The largest absolute Gasteiger partial charge is 0.343 e. The molecule has 0 aliphatic rings. The van der Waals surface area contributed by atoms with Gasteiger partial charge in [-0.15, -0.1) is 22.7 Å². The van der Waals surface area contributed by atoms with Gasteiger partial charge >= 0.3 is 0 Å². The van der Waals surface area contributed by atoms with E-state index in [9.17, 15) is 4.79 Å². The van der Waals surface area contributed by atoms with E-state index in [-0.39, 0.29) is 11.9 Å². The fourth-order valence-electron chi connectivity index (χ4n) is 2.75. The number of aryl methyl sites for hydroxylation is 2. The summed E-state index contributed by atoms with van der Waals surface area (Å²) in [4.78, 5) is 21.9. The molecule has 2 heterocycles. The number of rotatable bonds is 6. The maximum absolute atomic E-state index is 12.9. The molecule has 1 atom stereocenters. The smallest absolute Gasteiger partial charge is 0.251 e. The number of hydrogen-bond acceptors (Lipinski definition) is 5. The fraction of sp³-hybridized carbons (Fsp3) is 0.350. The number of amides is 1. The molecule has 3 rings (SSSR count). The molecule has 4 nitrogen and oxygen atoms in total. The molecule has 0 saturated heterocycles. The van der Waals surface area contributed by atoms with Crippen molar-refractivity contribution < 1.29 is 4.79 Å². The van der Waals surface area contributed by atoms with Crippen LogP contribution in [0.1, 0.15) is 53.1 Å². The monoisotopic (exact) mass is 385 g/mol. The van der Waals surface area contributed by atoms with Crippen molar-refractivity contribution >= 4 is 28.6 Å². The highest BCUT2D eigenvalue weighted by molar-refractivity contribution is 7.13. The summed E-state index contributed by atoms with van der Waals surface area (Å²) in [6.07, 6.45) is 0.865. The zero-order valence-electron chi connectivity index (χ0n) is 15.4. The summed E-state index contributed by atoms with van der Waals surface area (Å²) in [5, 5.41) is 9.12. The number of carbonyl (C=O) groups is 1. The second kappa shape index (κ2) is 8.10. The van der Waals surface area contributed by atoms with Crippen molar-refractivity contribution in [1.82, 2.24) is 15.3 Å². The molecule has 0 bridgehead atoms. The van der Waals surface area contributed by atoms with Crippen LogP contribution in [0.15, 0.2) is 35.0 Å². The van der Waals surface area contributed by atoms with Gasteiger partial charge in [0.15, 0.2) is 0 Å². The van der Waals surface area contributed by atoms with Crippen LogP contribution in [0, 0.1) is 19.8 Å². The topological polar surface area (TPSA) is 54.9 Å². The van der Waals surface area contributed by atoms with Gasteiger partial charge in [0.1, 0.15) is 10.0 Å². The molecule has 0 aliphatic carbocycles. The summed E-state index contributed by atoms with van der Waals surface area (Å²) in [6.45, 7) is 8.27. The van der Waals surface area contributed by atoms with Crippen molar-refractivity contribution in [3.63, 3.8) is 0 Å². The van der Waals surface area contributed by atoms with Crippen LogP contribution in [0.2, 0.25) is 0 Å². The number of nitrogens with one attached hydrogen (secondary N) is 1. The Kier molecular flexibility index (Phi) is 5.84. The van der Waals surface area contributed by atoms with Crippen molar-refractivity contribution in [3.8, 4) is 10.6 Å². The van der Waals surface area contributed by atoms with Crippen LogP contribution in [0.5, 0.6) is 0 Å². The maximum Gasteiger partial charge on any atom is 0.251 e.